The fraction of sp³-hybridized carbons (Fsp3) is 0.667. The molecule has 0 fully saturated rings. The SMILES string of the molecule is CC(C)(C)c1nc(C(C#N)NCCCO)cs1. The van der Waals surface area contributed by atoms with E-state index < -0.39 is 0 Å². The average Bonchev–Trinajstić information content (AvgIpc) is 2.73. The second kappa shape index (κ2) is 6.10. The number of hydrogen-bond acceptors (Lipinski definition) is 5. The summed E-state index contributed by atoms with van der Waals surface area (Å²) in [7, 11) is 0. The molecule has 0 aliphatic heterocycles. The fourth-order valence-corrected chi connectivity index (χ4v) is 2.24. The highest BCUT2D eigenvalue weighted by Crippen LogP contribution is 2.27. The van der Waals surface area contributed by atoms with Gasteiger partial charge in [0.25, 0.3) is 0 Å². The van der Waals surface area contributed by atoms with Gasteiger partial charge < -0.3 is 5.11 Å². The summed E-state index contributed by atoms with van der Waals surface area (Å²) in [5, 5.41) is 23.8. The van der Waals surface area contributed by atoms with Gasteiger partial charge in [0.2, 0.25) is 0 Å². The molecule has 0 bridgehead atoms. The van der Waals surface area contributed by atoms with Crippen LogP contribution < -0.4 is 5.32 Å². The van der Waals surface area contributed by atoms with E-state index in [1.807, 2.05) is 5.38 Å². The van der Waals surface area contributed by atoms with Gasteiger partial charge in [-0.3, -0.25) is 5.32 Å². The van der Waals surface area contributed by atoms with Crippen molar-refractivity contribution in [3.05, 3.63) is 16.1 Å². The third-order valence-electron chi connectivity index (χ3n) is 2.27. The maximum Gasteiger partial charge on any atom is 0.139 e. The van der Waals surface area contributed by atoms with Crippen molar-refractivity contribution in [2.45, 2.75) is 38.6 Å². The van der Waals surface area contributed by atoms with E-state index in [9.17, 15) is 0 Å². The number of rotatable bonds is 5. The zero-order valence-electron chi connectivity index (χ0n) is 10.5. The average molecular weight is 253 g/mol. The van der Waals surface area contributed by atoms with Crippen LogP contribution in [-0.4, -0.2) is 23.2 Å². The van der Waals surface area contributed by atoms with Gasteiger partial charge in [-0.15, -0.1) is 11.3 Å². The van der Waals surface area contributed by atoms with Gasteiger partial charge in [-0.25, -0.2) is 4.98 Å². The highest BCUT2D eigenvalue weighted by Gasteiger charge is 2.21. The molecule has 0 spiro atoms. The molecule has 1 rings (SSSR count). The molecule has 1 atom stereocenters. The number of hydrogen-bond donors (Lipinski definition) is 2. The first kappa shape index (κ1) is 14.1. The van der Waals surface area contributed by atoms with E-state index in [0.717, 1.165) is 10.7 Å². The third kappa shape index (κ3) is 4.08. The molecule has 94 valence electrons. The molecule has 1 aromatic heterocycles. The molecule has 5 heteroatoms. The first-order chi connectivity index (χ1) is 7.99. The van der Waals surface area contributed by atoms with Crippen molar-refractivity contribution >= 4 is 11.3 Å². The molecule has 0 aliphatic rings. The van der Waals surface area contributed by atoms with E-state index in [-0.39, 0.29) is 18.1 Å². The largest absolute Gasteiger partial charge is 0.396 e. The van der Waals surface area contributed by atoms with E-state index >= 15 is 0 Å². The minimum Gasteiger partial charge on any atom is -0.396 e. The number of nitrogens with one attached hydrogen (secondary N) is 1. The maximum atomic E-state index is 9.08. The molecule has 0 aliphatic carbocycles. The Morgan fingerprint density at radius 3 is 2.76 bits per heavy atom. The predicted molar refractivity (Wildman–Crippen MR) is 68.9 cm³/mol. The molecule has 17 heavy (non-hydrogen) atoms. The zero-order chi connectivity index (χ0) is 12.9. The number of nitrogens with zero attached hydrogens (tertiary/aromatic N) is 2. The van der Waals surface area contributed by atoms with Gasteiger partial charge in [0.1, 0.15) is 6.04 Å². The van der Waals surface area contributed by atoms with Crippen molar-refractivity contribution < 1.29 is 5.11 Å². The van der Waals surface area contributed by atoms with Gasteiger partial charge in [0, 0.05) is 17.4 Å². The Morgan fingerprint density at radius 2 is 2.29 bits per heavy atom. The number of nitriles is 1. The summed E-state index contributed by atoms with van der Waals surface area (Å²) in [6, 6.07) is 1.81. The molecule has 0 saturated carbocycles. The molecule has 1 unspecified atom stereocenters. The summed E-state index contributed by atoms with van der Waals surface area (Å²) in [5.74, 6) is 0. The van der Waals surface area contributed by atoms with E-state index in [4.69, 9.17) is 10.4 Å². The number of aliphatic hydroxyl groups excluding tert-OH is 1. The van der Waals surface area contributed by atoms with Crippen molar-refractivity contribution in [1.82, 2.24) is 10.3 Å². The predicted octanol–water partition coefficient (Wildman–Crippen LogP) is 1.98. The topological polar surface area (TPSA) is 68.9 Å². The standard InChI is InChI=1S/C12H19N3OS/c1-12(2,3)11-15-10(8-17-11)9(7-13)14-5-4-6-16/h8-9,14,16H,4-6H2,1-3H3. The quantitative estimate of drug-likeness (QED) is 0.787. The van der Waals surface area contributed by atoms with Gasteiger partial charge in [-0.05, 0) is 13.0 Å². The lowest BCUT2D eigenvalue weighted by Crippen LogP contribution is -2.22. The molecule has 2 N–H and O–H groups in total. The van der Waals surface area contributed by atoms with Crippen LogP contribution in [0.15, 0.2) is 5.38 Å². The van der Waals surface area contributed by atoms with Crippen LogP contribution in [0.4, 0.5) is 0 Å². The Kier molecular flexibility index (Phi) is 5.06. The Labute approximate surface area is 106 Å². The van der Waals surface area contributed by atoms with Crippen LogP contribution >= 0.6 is 11.3 Å². The lowest BCUT2D eigenvalue weighted by molar-refractivity contribution is 0.285. The van der Waals surface area contributed by atoms with Crippen molar-refractivity contribution in [3.8, 4) is 6.07 Å². The number of aromatic nitrogens is 1. The van der Waals surface area contributed by atoms with Crippen molar-refractivity contribution in [2.24, 2.45) is 0 Å². The van der Waals surface area contributed by atoms with Gasteiger partial charge in [0.15, 0.2) is 0 Å². The Morgan fingerprint density at radius 1 is 1.59 bits per heavy atom. The van der Waals surface area contributed by atoms with E-state index in [1.165, 1.54) is 0 Å². The van der Waals surface area contributed by atoms with Gasteiger partial charge >= 0.3 is 0 Å². The molecular weight excluding hydrogens is 234 g/mol. The lowest BCUT2D eigenvalue weighted by Gasteiger charge is -2.14. The van der Waals surface area contributed by atoms with Crippen LogP contribution in [0.3, 0.4) is 0 Å². The second-order valence-corrected chi connectivity index (χ2v) is 5.78. The minimum absolute atomic E-state index is 0.0218. The van der Waals surface area contributed by atoms with Crippen LogP contribution in [0.5, 0.6) is 0 Å². The van der Waals surface area contributed by atoms with Crippen molar-refractivity contribution in [1.29, 1.82) is 5.26 Å². The molecule has 4 nitrogen and oxygen atoms in total. The molecule has 1 heterocycles. The Balaban J connectivity index is 2.70. The van der Waals surface area contributed by atoms with Crippen molar-refractivity contribution in [2.75, 3.05) is 13.2 Å². The maximum absolute atomic E-state index is 9.08. The molecule has 0 amide bonds. The van der Waals surface area contributed by atoms with Gasteiger partial charge in [0.05, 0.1) is 16.8 Å². The first-order valence-corrected chi connectivity index (χ1v) is 6.56. The normalized spacial score (nSPS) is 13.4. The lowest BCUT2D eigenvalue weighted by atomic mass is 9.98. The molecule has 1 aromatic rings. The van der Waals surface area contributed by atoms with Gasteiger partial charge in [-0.2, -0.15) is 5.26 Å². The highest BCUT2D eigenvalue weighted by atomic mass is 32.1. The molecular formula is C12H19N3OS. The van der Waals surface area contributed by atoms with Crippen LogP contribution in [0, 0.1) is 11.3 Å². The second-order valence-electron chi connectivity index (χ2n) is 4.92. The van der Waals surface area contributed by atoms with Crippen LogP contribution in [0.1, 0.15) is 43.9 Å². The monoisotopic (exact) mass is 253 g/mol. The minimum atomic E-state index is -0.381. The highest BCUT2D eigenvalue weighted by molar-refractivity contribution is 7.09. The summed E-state index contributed by atoms with van der Waals surface area (Å²) in [5.41, 5.74) is 0.800. The smallest absolute Gasteiger partial charge is 0.139 e. The molecule has 0 aromatic carbocycles. The Bertz CT molecular complexity index is 389. The zero-order valence-corrected chi connectivity index (χ0v) is 11.3. The van der Waals surface area contributed by atoms with Crippen LogP contribution in [0.25, 0.3) is 0 Å². The first-order valence-electron chi connectivity index (χ1n) is 5.69. The number of thiazole rings is 1. The summed E-state index contributed by atoms with van der Waals surface area (Å²) in [6.07, 6.45) is 0.647. The van der Waals surface area contributed by atoms with E-state index in [2.05, 4.69) is 37.1 Å². The molecule has 0 saturated heterocycles. The van der Waals surface area contributed by atoms with Crippen LogP contribution in [0.2, 0.25) is 0 Å². The summed E-state index contributed by atoms with van der Waals surface area (Å²) < 4.78 is 0. The summed E-state index contributed by atoms with van der Waals surface area (Å²) in [6.45, 7) is 7.08. The van der Waals surface area contributed by atoms with Gasteiger partial charge in [-0.1, -0.05) is 20.8 Å². The fourth-order valence-electron chi connectivity index (χ4n) is 1.31. The van der Waals surface area contributed by atoms with E-state index in [0.29, 0.717) is 13.0 Å². The Hall–Kier alpha value is -0.960. The van der Waals surface area contributed by atoms with Crippen LogP contribution in [-0.2, 0) is 5.41 Å². The third-order valence-corrected chi connectivity index (χ3v) is 3.56. The summed E-state index contributed by atoms with van der Waals surface area (Å²) in [4.78, 5) is 4.50. The summed E-state index contributed by atoms with van der Waals surface area (Å²) >= 11 is 1.59. The van der Waals surface area contributed by atoms with Crippen molar-refractivity contribution in [3.63, 3.8) is 0 Å². The number of aliphatic hydroxyl groups is 1. The molecule has 0 radical (unpaired) electrons. The van der Waals surface area contributed by atoms with E-state index in [1.54, 1.807) is 11.3 Å².